The lowest BCUT2D eigenvalue weighted by Gasteiger charge is -2.10. The normalized spacial score (nSPS) is 11.9. The van der Waals surface area contributed by atoms with Gasteiger partial charge in [-0.2, -0.15) is 13.2 Å². The van der Waals surface area contributed by atoms with Gasteiger partial charge in [0.25, 0.3) is 0 Å². The molecule has 0 saturated carbocycles. The molecule has 3 nitrogen and oxygen atoms in total. The van der Waals surface area contributed by atoms with Gasteiger partial charge in [-0.3, -0.25) is 4.57 Å². The predicted molar refractivity (Wildman–Crippen MR) is 82.0 cm³/mol. The third kappa shape index (κ3) is 2.65. The first-order valence-corrected chi connectivity index (χ1v) is 7.17. The van der Waals surface area contributed by atoms with Crippen LogP contribution in [0, 0.1) is 0 Å². The highest BCUT2D eigenvalue weighted by atomic mass is 19.4. The highest BCUT2D eigenvalue weighted by molar-refractivity contribution is 5.82. The van der Waals surface area contributed by atoms with Crippen molar-refractivity contribution in [2.75, 3.05) is 7.11 Å². The second kappa shape index (κ2) is 5.61. The van der Waals surface area contributed by atoms with Gasteiger partial charge in [0.15, 0.2) is 0 Å². The highest BCUT2D eigenvalue weighted by Gasteiger charge is 2.34. The zero-order chi connectivity index (χ0) is 16.6. The number of aromatic nitrogens is 2. The Morgan fingerprint density at radius 3 is 2.35 bits per heavy atom. The number of rotatable bonds is 3. The average Bonchev–Trinajstić information content (AvgIpc) is 2.92. The van der Waals surface area contributed by atoms with Crippen molar-refractivity contribution >= 4 is 11.0 Å². The maximum absolute atomic E-state index is 13.2. The molecule has 23 heavy (non-hydrogen) atoms. The minimum atomic E-state index is -4.43. The van der Waals surface area contributed by atoms with Crippen LogP contribution in [0.3, 0.4) is 0 Å². The molecule has 0 spiro atoms. The first kappa shape index (κ1) is 15.4. The lowest BCUT2D eigenvalue weighted by molar-refractivity contribution is -0.136. The van der Waals surface area contributed by atoms with E-state index in [-0.39, 0.29) is 5.52 Å². The van der Waals surface area contributed by atoms with Crippen molar-refractivity contribution in [1.82, 2.24) is 9.55 Å². The molecule has 0 aliphatic rings. The summed E-state index contributed by atoms with van der Waals surface area (Å²) in [5.74, 6) is 1.27. The van der Waals surface area contributed by atoms with Crippen LogP contribution in [0.1, 0.15) is 18.3 Å². The van der Waals surface area contributed by atoms with Crippen LogP contribution in [-0.2, 0) is 12.6 Å². The summed E-state index contributed by atoms with van der Waals surface area (Å²) in [6.07, 6.45) is -3.90. The van der Waals surface area contributed by atoms with E-state index < -0.39 is 11.7 Å². The predicted octanol–water partition coefficient (Wildman–Crippen LogP) is 4.62. The number of imidazole rings is 1. The Hall–Kier alpha value is -2.50. The molecule has 0 bridgehead atoms. The fraction of sp³-hybridized carbons (Fsp3) is 0.235. The lowest BCUT2D eigenvalue weighted by Crippen LogP contribution is -2.05. The number of hydrogen-bond acceptors (Lipinski definition) is 2. The maximum atomic E-state index is 13.2. The SMILES string of the molecule is CCc1nc2c(C(F)(F)F)cccc2n1-c1ccc(OC)cc1. The summed E-state index contributed by atoms with van der Waals surface area (Å²) in [5.41, 5.74) is 0.468. The number of ether oxygens (including phenoxy) is 1. The van der Waals surface area contributed by atoms with Crippen molar-refractivity contribution in [2.45, 2.75) is 19.5 Å². The van der Waals surface area contributed by atoms with Gasteiger partial charge in [0.2, 0.25) is 0 Å². The molecule has 0 aliphatic carbocycles. The van der Waals surface area contributed by atoms with Gasteiger partial charge in [0, 0.05) is 12.1 Å². The first-order chi connectivity index (χ1) is 11.0. The van der Waals surface area contributed by atoms with Crippen molar-refractivity contribution < 1.29 is 17.9 Å². The van der Waals surface area contributed by atoms with E-state index in [0.717, 1.165) is 11.8 Å². The molecular weight excluding hydrogens is 305 g/mol. The molecule has 0 atom stereocenters. The highest BCUT2D eigenvalue weighted by Crippen LogP contribution is 2.35. The van der Waals surface area contributed by atoms with Gasteiger partial charge in [-0.05, 0) is 36.4 Å². The van der Waals surface area contributed by atoms with Gasteiger partial charge in [0.05, 0.1) is 18.2 Å². The fourth-order valence-corrected chi connectivity index (χ4v) is 2.63. The summed E-state index contributed by atoms with van der Waals surface area (Å²) in [6, 6.07) is 11.3. The van der Waals surface area contributed by atoms with E-state index in [1.54, 1.807) is 42.0 Å². The topological polar surface area (TPSA) is 27.1 Å². The number of halogens is 3. The number of aryl methyl sites for hydroxylation is 1. The van der Waals surface area contributed by atoms with E-state index in [9.17, 15) is 13.2 Å². The Morgan fingerprint density at radius 2 is 1.78 bits per heavy atom. The molecule has 3 rings (SSSR count). The first-order valence-electron chi connectivity index (χ1n) is 7.17. The largest absolute Gasteiger partial charge is 0.497 e. The van der Waals surface area contributed by atoms with Crippen molar-refractivity contribution in [1.29, 1.82) is 0 Å². The third-order valence-electron chi connectivity index (χ3n) is 3.71. The monoisotopic (exact) mass is 320 g/mol. The summed E-state index contributed by atoms with van der Waals surface area (Å²) in [4.78, 5) is 4.23. The van der Waals surface area contributed by atoms with Gasteiger partial charge >= 0.3 is 6.18 Å². The lowest BCUT2D eigenvalue weighted by atomic mass is 10.1. The fourth-order valence-electron chi connectivity index (χ4n) is 2.63. The van der Waals surface area contributed by atoms with Gasteiger partial charge < -0.3 is 4.74 Å². The Bertz CT molecular complexity index is 835. The molecule has 2 aromatic carbocycles. The standard InChI is InChI=1S/C17H15F3N2O/c1-3-15-21-16-13(17(18,19)20)5-4-6-14(16)22(15)11-7-9-12(23-2)10-8-11/h4-10H,3H2,1-2H3. The third-order valence-corrected chi connectivity index (χ3v) is 3.71. The molecule has 0 amide bonds. The van der Waals surface area contributed by atoms with E-state index in [1.807, 2.05) is 6.92 Å². The maximum Gasteiger partial charge on any atom is 0.418 e. The summed E-state index contributed by atoms with van der Waals surface area (Å²) >= 11 is 0. The molecule has 1 heterocycles. The number of alkyl halides is 3. The Labute approximate surface area is 131 Å². The van der Waals surface area contributed by atoms with Crippen LogP contribution >= 0.6 is 0 Å². The molecule has 0 N–H and O–H groups in total. The number of nitrogens with zero attached hydrogens (tertiary/aromatic N) is 2. The number of benzene rings is 2. The molecular formula is C17H15F3N2O. The summed E-state index contributed by atoms with van der Waals surface area (Å²) in [5, 5.41) is 0. The molecule has 0 saturated heterocycles. The van der Waals surface area contributed by atoms with Gasteiger partial charge in [-0.25, -0.2) is 4.98 Å². The quantitative estimate of drug-likeness (QED) is 0.704. The van der Waals surface area contributed by atoms with Gasteiger partial charge in [-0.15, -0.1) is 0 Å². The average molecular weight is 320 g/mol. The van der Waals surface area contributed by atoms with E-state index >= 15 is 0 Å². The van der Waals surface area contributed by atoms with Crippen molar-refractivity contribution in [3.63, 3.8) is 0 Å². The number of fused-ring (bicyclic) bond motifs is 1. The minimum Gasteiger partial charge on any atom is -0.497 e. The second-order valence-corrected chi connectivity index (χ2v) is 5.09. The molecule has 1 aromatic heterocycles. The molecule has 6 heteroatoms. The number of methoxy groups -OCH3 is 1. The van der Waals surface area contributed by atoms with Crippen LogP contribution in [0.4, 0.5) is 13.2 Å². The summed E-state index contributed by atoms with van der Waals surface area (Å²) in [6.45, 7) is 1.87. The van der Waals surface area contributed by atoms with Crippen LogP contribution in [0.25, 0.3) is 16.7 Å². The van der Waals surface area contributed by atoms with E-state index in [1.165, 1.54) is 6.07 Å². The minimum absolute atomic E-state index is 0.0207. The Balaban J connectivity index is 2.27. The van der Waals surface area contributed by atoms with Crippen LogP contribution in [0.2, 0.25) is 0 Å². The Kier molecular flexibility index (Phi) is 3.75. The smallest absolute Gasteiger partial charge is 0.418 e. The molecule has 120 valence electrons. The van der Waals surface area contributed by atoms with Gasteiger partial charge in [0.1, 0.15) is 17.1 Å². The van der Waals surface area contributed by atoms with E-state index in [2.05, 4.69) is 4.98 Å². The molecule has 0 fully saturated rings. The van der Waals surface area contributed by atoms with Crippen LogP contribution in [0.5, 0.6) is 5.75 Å². The number of hydrogen-bond donors (Lipinski definition) is 0. The van der Waals surface area contributed by atoms with Gasteiger partial charge in [-0.1, -0.05) is 13.0 Å². The number of para-hydroxylation sites is 1. The Morgan fingerprint density at radius 1 is 1.09 bits per heavy atom. The van der Waals surface area contributed by atoms with Crippen molar-refractivity contribution in [3.8, 4) is 11.4 Å². The molecule has 0 aliphatic heterocycles. The van der Waals surface area contributed by atoms with Crippen LogP contribution in [-0.4, -0.2) is 16.7 Å². The zero-order valence-corrected chi connectivity index (χ0v) is 12.7. The van der Waals surface area contributed by atoms with Crippen LogP contribution in [0.15, 0.2) is 42.5 Å². The van der Waals surface area contributed by atoms with Crippen molar-refractivity contribution in [2.24, 2.45) is 0 Å². The zero-order valence-electron chi connectivity index (χ0n) is 12.7. The van der Waals surface area contributed by atoms with E-state index in [4.69, 9.17) is 4.74 Å². The van der Waals surface area contributed by atoms with Crippen molar-refractivity contribution in [3.05, 3.63) is 53.9 Å². The summed E-state index contributed by atoms with van der Waals surface area (Å²) < 4.78 is 46.5. The molecule has 0 radical (unpaired) electrons. The van der Waals surface area contributed by atoms with Crippen LogP contribution < -0.4 is 4.74 Å². The van der Waals surface area contributed by atoms with E-state index in [0.29, 0.717) is 23.5 Å². The molecule has 0 unspecified atom stereocenters. The molecule has 3 aromatic rings. The summed E-state index contributed by atoms with van der Waals surface area (Å²) in [7, 11) is 1.56. The second-order valence-electron chi connectivity index (χ2n) is 5.09.